The fraction of sp³-hybridized carbons (Fsp3) is 0.529. The Morgan fingerprint density at radius 1 is 1.38 bits per heavy atom. The minimum Gasteiger partial charge on any atom is -0.467 e. The number of aliphatic hydroxyl groups is 1. The summed E-state index contributed by atoms with van der Waals surface area (Å²) in [5.41, 5.74) is 0.163. The van der Waals surface area contributed by atoms with Gasteiger partial charge in [0.15, 0.2) is 5.60 Å². The average Bonchev–Trinajstić information content (AvgIpc) is 2.90. The normalized spacial score (nSPS) is 19.3. The summed E-state index contributed by atoms with van der Waals surface area (Å²) in [6, 6.07) is 7.79. The van der Waals surface area contributed by atoms with Crippen LogP contribution in [0.1, 0.15) is 25.8 Å². The van der Waals surface area contributed by atoms with Gasteiger partial charge in [-0.2, -0.15) is 0 Å². The van der Waals surface area contributed by atoms with Gasteiger partial charge in [-0.3, -0.25) is 9.47 Å². The van der Waals surface area contributed by atoms with Crippen molar-refractivity contribution in [3.05, 3.63) is 34.7 Å². The molecule has 24 heavy (non-hydrogen) atoms. The summed E-state index contributed by atoms with van der Waals surface area (Å²) < 4.78 is 6.46. The molecule has 0 aliphatic carbocycles. The molecule has 2 N–H and O–H groups in total. The maximum absolute atomic E-state index is 12.3. The van der Waals surface area contributed by atoms with Crippen molar-refractivity contribution in [1.29, 1.82) is 0 Å². The van der Waals surface area contributed by atoms with E-state index in [-0.39, 0.29) is 18.3 Å². The van der Waals surface area contributed by atoms with Crippen LogP contribution in [-0.2, 0) is 9.53 Å². The first-order valence-electron chi connectivity index (χ1n) is 8.15. The van der Waals surface area contributed by atoms with E-state index in [1.807, 2.05) is 33.7 Å². The molecule has 2 aromatic rings. The summed E-state index contributed by atoms with van der Waals surface area (Å²) in [5, 5.41) is 10.2. The molecule has 130 valence electrons. The molecule has 0 amide bonds. The number of benzene rings is 1. The summed E-state index contributed by atoms with van der Waals surface area (Å²) in [4.78, 5) is 28.8. The first kappa shape index (κ1) is 16.7. The van der Waals surface area contributed by atoms with Crippen molar-refractivity contribution in [2.45, 2.75) is 31.4 Å². The first-order valence-corrected chi connectivity index (χ1v) is 8.15. The second-order valence-corrected chi connectivity index (χ2v) is 6.59. The molecule has 0 bridgehead atoms. The molecular formula is C17H23N3O4. The van der Waals surface area contributed by atoms with E-state index in [2.05, 4.69) is 9.72 Å². The molecule has 7 nitrogen and oxygen atoms in total. The number of aromatic amines is 1. The SMILES string of the molecule is COC(=O)C(C)(O)CN1CCC(n2c(=O)[nH]c3ccccc32)CC1. The van der Waals surface area contributed by atoms with Crippen molar-refractivity contribution in [3.8, 4) is 0 Å². The van der Waals surface area contributed by atoms with E-state index in [9.17, 15) is 14.7 Å². The van der Waals surface area contributed by atoms with E-state index in [0.29, 0.717) is 13.1 Å². The Hall–Kier alpha value is -2.12. The molecule has 1 fully saturated rings. The molecule has 1 unspecified atom stereocenters. The number of methoxy groups -OCH3 is 1. The van der Waals surface area contributed by atoms with Crippen molar-refractivity contribution < 1.29 is 14.6 Å². The topological polar surface area (TPSA) is 87.6 Å². The van der Waals surface area contributed by atoms with Crippen molar-refractivity contribution in [3.63, 3.8) is 0 Å². The van der Waals surface area contributed by atoms with Gasteiger partial charge in [-0.05, 0) is 31.9 Å². The molecule has 1 atom stereocenters. The number of carbonyl (C=O) groups is 1. The molecule has 1 aliphatic heterocycles. The number of rotatable bonds is 4. The lowest BCUT2D eigenvalue weighted by atomic mass is 10.0. The molecule has 0 spiro atoms. The number of likely N-dealkylation sites (tertiary alicyclic amines) is 1. The molecule has 1 aliphatic rings. The van der Waals surface area contributed by atoms with Crippen LogP contribution in [0.3, 0.4) is 0 Å². The lowest BCUT2D eigenvalue weighted by molar-refractivity contribution is -0.162. The number of H-pyrrole nitrogens is 1. The van der Waals surface area contributed by atoms with Crippen molar-refractivity contribution in [2.24, 2.45) is 0 Å². The van der Waals surface area contributed by atoms with Crippen LogP contribution in [0.25, 0.3) is 11.0 Å². The molecule has 1 saturated heterocycles. The number of para-hydroxylation sites is 2. The van der Waals surface area contributed by atoms with Crippen LogP contribution in [0.4, 0.5) is 0 Å². The highest BCUT2D eigenvalue weighted by Gasteiger charge is 2.35. The Morgan fingerprint density at radius 3 is 2.71 bits per heavy atom. The highest BCUT2D eigenvalue weighted by molar-refractivity contribution is 5.78. The minimum atomic E-state index is -1.51. The standard InChI is InChI=1S/C17H23N3O4/c1-17(23,15(21)24-2)11-19-9-7-12(8-10-19)20-14-6-4-3-5-13(14)18-16(20)22/h3-6,12,23H,7-11H2,1-2H3,(H,18,22). The monoisotopic (exact) mass is 333 g/mol. The number of nitrogens with zero attached hydrogens (tertiary/aromatic N) is 2. The third kappa shape index (κ3) is 3.09. The van der Waals surface area contributed by atoms with Gasteiger partial charge in [0.25, 0.3) is 0 Å². The van der Waals surface area contributed by atoms with E-state index >= 15 is 0 Å². The van der Waals surface area contributed by atoms with Crippen molar-refractivity contribution >= 4 is 17.0 Å². The highest BCUT2D eigenvalue weighted by Crippen LogP contribution is 2.25. The van der Waals surface area contributed by atoms with E-state index in [1.54, 1.807) is 0 Å². The number of piperidine rings is 1. The average molecular weight is 333 g/mol. The molecule has 2 heterocycles. The fourth-order valence-corrected chi connectivity index (χ4v) is 3.49. The van der Waals surface area contributed by atoms with Gasteiger partial charge in [0, 0.05) is 25.7 Å². The smallest absolute Gasteiger partial charge is 0.338 e. The number of nitrogens with one attached hydrogen (secondary N) is 1. The molecule has 1 aromatic heterocycles. The zero-order valence-corrected chi connectivity index (χ0v) is 14.0. The Balaban J connectivity index is 1.70. The lowest BCUT2D eigenvalue weighted by Crippen LogP contribution is -2.49. The van der Waals surface area contributed by atoms with Crippen LogP contribution in [0, 0.1) is 0 Å². The van der Waals surface area contributed by atoms with E-state index in [1.165, 1.54) is 14.0 Å². The maximum Gasteiger partial charge on any atom is 0.338 e. The highest BCUT2D eigenvalue weighted by atomic mass is 16.5. The van der Waals surface area contributed by atoms with Crippen LogP contribution < -0.4 is 5.69 Å². The Kier molecular flexibility index (Phi) is 4.47. The molecule has 0 radical (unpaired) electrons. The summed E-state index contributed by atoms with van der Waals surface area (Å²) in [5.74, 6) is -0.627. The van der Waals surface area contributed by atoms with Gasteiger partial charge in [-0.1, -0.05) is 12.1 Å². The van der Waals surface area contributed by atoms with Crippen LogP contribution in [0.5, 0.6) is 0 Å². The molecule has 0 saturated carbocycles. The zero-order chi connectivity index (χ0) is 17.3. The molecule has 7 heteroatoms. The number of hydrogen-bond acceptors (Lipinski definition) is 5. The van der Waals surface area contributed by atoms with Crippen LogP contribution in [0.2, 0.25) is 0 Å². The first-order chi connectivity index (χ1) is 11.4. The zero-order valence-electron chi connectivity index (χ0n) is 14.0. The second-order valence-electron chi connectivity index (χ2n) is 6.59. The Bertz CT molecular complexity index is 784. The predicted molar refractivity (Wildman–Crippen MR) is 89.9 cm³/mol. The number of esters is 1. The van der Waals surface area contributed by atoms with E-state index < -0.39 is 11.6 Å². The molecular weight excluding hydrogens is 310 g/mol. The van der Waals surface area contributed by atoms with E-state index in [4.69, 9.17) is 0 Å². The van der Waals surface area contributed by atoms with Gasteiger partial charge in [0.05, 0.1) is 18.1 Å². The van der Waals surface area contributed by atoms with Gasteiger partial charge < -0.3 is 14.8 Å². The lowest BCUT2D eigenvalue weighted by Gasteiger charge is -2.35. The third-order valence-electron chi connectivity index (χ3n) is 4.70. The summed E-state index contributed by atoms with van der Waals surface area (Å²) in [7, 11) is 1.27. The van der Waals surface area contributed by atoms with Crippen molar-refractivity contribution in [2.75, 3.05) is 26.7 Å². The number of aromatic nitrogens is 2. The predicted octanol–water partition coefficient (Wildman–Crippen LogP) is 0.890. The maximum atomic E-state index is 12.3. The number of ether oxygens (including phenoxy) is 1. The van der Waals surface area contributed by atoms with Gasteiger partial charge >= 0.3 is 11.7 Å². The Labute approximate surface area is 139 Å². The van der Waals surface area contributed by atoms with Gasteiger partial charge in [-0.15, -0.1) is 0 Å². The van der Waals surface area contributed by atoms with Crippen molar-refractivity contribution in [1.82, 2.24) is 14.5 Å². The van der Waals surface area contributed by atoms with Crippen LogP contribution in [-0.4, -0.2) is 57.9 Å². The third-order valence-corrected chi connectivity index (χ3v) is 4.70. The number of β-amino-alcohol motifs (C(OH)–C–C–N with tert-alkyl or cyclic N) is 1. The van der Waals surface area contributed by atoms with Crippen LogP contribution in [0.15, 0.2) is 29.1 Å². The number of hydrogen-bond donors (Lipinski definition) is 2. The minimum absolute atomic E-state index is 0.0868. The number of fused-ring (bicyclic) bond motifs is 1. The quantitative estimate of drug-likeness (QED) is 0.812. The second kappa shape index (κ2) is 6.41. The summed E-state index contributed by atoms with van der Waals surface area (Å²) in [6.45, 7) is 3.12. The van der Waals surface area contributed by atoms with Crippen LogP contribution >= 0.6 is 0 Å². The summed E-state index contributed by atoms with van der Waals surface area (Å²) >= 11 is 0. The Morgan fingerprint density at radius 2 is 2.04 bits per heavy atom. The number of carbonyl (C=O) groups excluding carboxylic acids is 1. The molecule has 1 aromatic carbocycles. The van der Waals surface area contributed by atoms with Gasteiger partial charge in [-0.25, -0.2) is 9.59 Å². The molecule has 3 rings (SSSR count). The summed E-state index contributed by atoms with van der Waals surface area (Å²) in [6.07, 6.45) is 1.58. The van der Waals surface area contributed by atoms with Gasteiger partial charge in [0.1, 0.15) is 0 Å². The van der Waals surface area contributed by atoms with Gasteiger partial charge in [0.2, 0.25) is 0 Å². The fourth-order valence-electron chi connectivity index (χ4n) is 3.49. The van der Waals surface area contributed by atoms with E-state index in [0.717, 1.165) is 23.9 Å². The number of imidazole rings is 1. The largest absolute Gasteiger partial charge is 0.467 e.